The summed E-state index contributed by atoms with van der Waals surface area (Å²) < 4.78 is 0. The number of aryl methyl sites for hydroxylation is 1. The average molecular weight is 382 g/mol. The van der Waals surface area contributed by atoms with Crippen LogP contribution in [0, 0.1) is 12.8 Å². The lowest BCUT2D eigenvalue weighted by molar-refractivity contribution is -0.117. The summed E-state index contributed by atoms with van der Waals surface area (Å²) in [6.45, 7) is 2.05. The van der Waals surface area contributed by atoms with E-state index in [4.69, 9.17) is 0 Å². The molecular formula is C19H25Cl2N3O. The number of halogens is 2. The van der Waals surface area contributed by atoms with Gasteiger partial charge in [0, 0.05) is 17.6 Å². The first-order chi connectivity index (χ1) is 11.2. The zero-order valence-electron chi connectivity index (χ0n) is 14.3. The van der Waals surface area contributed by atoms with Gasteiger partial charge in [-0.25, -0.2) is 0 Å². The number of hydrogen-bond acceptors (Lipinski definition) is 3. The normalized spacial score (nSPS) is 24.8. The van der Waals surface area contributed by atoms with Gasteiger partial charge in [-0.15, -0.1) is 24.8 Å². The van der Waals surface area contributed by atoms with E-state index in [9.17, 15) is 4.79 Å². The van der Waals surface area contributed by atoms with Gasteiger partial charge in [0.05, 0.1) is 17.2 Å². The third kappa shape index (κ3) is 3.91. The maximum Gasteiger partial charge on any atom is 0.241 e. The Hall–Kier alpha value is -1.36. The Bertz CT molecular complexity index is 739. The molecule has 1 saturated carbocycles. The van der Waals surface area contributed by atoms with Gasteiger partial charge in [0.1, 0.15) is 0 Å². The summed E-state index contributed by atoms with van der Waals surface area (Å²) in [7, 11) is 0. The van der Waals surface area contributed by atoms with Crippen molar-refractivity contribution >= 4 is 47.3 Å². The maximum absolute atomic E-state index is 12.7. The molecule has 2 aromatic rings. The van der Waals surface area contributed by atoms with Crippen LogP contribution in [0.15, 0.2) is 30.5 Å². The zero-order valence-corrected chi connectivity index (χ0v) is 16.0. The minimum atomic E-state index is -0.0591. The molecule has 1 aliphatic heterocycles. The van der Waals surface area contributed by atoms with E-state index in [0.29, 0.717) is 12.0 Å². The number of carbonyl (C=O) groups is 1. The lowest BCUT2D eigenvalue weighted by atomic mass is 9.85. The minimum Gasteiger partial charge on any atom is -0.324 e. The standard InChI is InChI=1S/C19H23N3O.2ClH/c1-12-8-9-16(14-6-4-10-20-18(12)14)22-19(23)17-11-13-5-2-3-7-15(13)21-17;;/h4,6,8-10,13,15,17,21H,2-3,5,7,11H2,1H3,(H,22,23);2*1H. The Kier molecular flexibility index (Phi) is 6.66. The number of nitrogens with zero attached hydrogens (tertiary/aromatic N) is 1. The van der Waals surface area contributed by atoms with Crippen LogP contribution in [0.4, 0.5) is 5.69 Å². The molecule has 1 amide bonds. The quantitative estimate of drug-likeness (QED) is 0.817. The molecule has 4 rings (SSSR count). The van der Waals surface area contributed by atoms with E-state index < -0.39 is 0 Å². The summed E-state index contributed by atoms with van der Waals surface area (Å²) in [6, 6.07) is 8.42. The molecule has 0 bridgehead atoms. The minimum absolute atomic E-state index is 0. The topological polar surface area (TPSA) is 54.0 Å². The molecule has 25 heavy (non-hydrogen) atoms. The second-order valence-corrected chi connectivity index (χ2v) is 6.92. The van der Waals surface area contributed by atoms with Gasteiger partial charge in [0.2, 0.25) is 5.91 Å². The molecule has 2 fully saturated rings. The number of aromatic nitrogens is 1. The molecule has 2 aliphatic rings. The van der Waals surface area contributed by atoms with Crippen molar-refractivity contribution in [1.29, 1.82) is 0 Å². The second-order valence-electron chi connectivity index (χ2n) is 6.92. The second kappa shape index (κ2) is 8.35. The molecule has 3 unspecified atom stereocenters. The molecule has 0 radical (unpaired) electrons. The fourth-order valence-corrected chi connectivity index (χ4v) is 4.16. The van der Waals surface area contributed by atoms with E-state index in [0.717, 1.165) is 28.6 Å². The predicted molar refractivity (Wildman–Crippen MR) is 107 cm³/mol. The number of anilines is 1. The van der Waals surface area contributed by atoms with Crippen molar-refractivity contribution in [3.8, 4) is 0 Å². The van der Waals surface area contributed by atoms with Crippen LogP contribution in [-0.2, 0) is 4.79 Å². The Morgan fingerprint density at radius 1 is 1.20 bits per heavy atom. The van der Waals surface area contributed by atoms with Crippen LogP contribution in [0.1, 0.15) is 37.7 Å². The van der Waals surface area contributed by atoms with Crippen LogP contribution in [0.3, 0.4) is 0 Å². The van der Waals surface area contributed by atoms with Crippen LogP contribution in [-0.4, -0.2) is 23.0 Å². The van der Waals surface area contributed by atoms with Crippen molar-refractivity contribution in [2.75, 3.05) is 5.32 Å². The first-order valence-electron chi connectivity index (χ1n) is 8.63. The van der Waals surface area contributed by atoms with Crippen molar-refractivity contribution in [3.63, 3.8) is 0 Å². The van der Waals surface area contributed by atoms with Gasteiger partial charge < -0.3 is 10.6 Å². The first kappa shape index (κ1) is 20.0. The molecule has 2 N–H and O–H groups in total. The fourth-order valence-electron chi connectivity index (χ4n) is 4.16. The number of rotatable bonds is 2. The Labute approximate surface area is 161 Å². The summed E-state index contributed by atoms with van der Waals surface area (Å²) in [5.41, 5.74) is 2.95. The average Bonchev–Trinajstić information content (AvgIpc) is 3.02. The number of pyridine rings is 1. The van der Waals surface area contributed by atoms with E-state index in [2.05, 4.69) is 15.6 Å². The lowest BCUT2D eigenvalue weighted by Crippen LogP contribution is -2.39. The molecule has 0 spiro atoms. The molecular weight excluding hydrogens is 357 g/mol. The monoisotopic (exact) mass is 381 g/mol. The van der Waals surface area contributed by atoms with Gasteiger partial charge in [-0.05, 0) is 55.9 Å². The highest BCUT2D eigenvalue weighted by Gasteiger charge is 2.38. The predicted octanol–water partition coefficient (Wildman–Crippen LogP) is 4.25. The van der Waals surface area contributed by atoms with Crippen molar-refractivity contribution in [2.45, 2.75) is 51.1 Å². The van der Waals surface area contributed by atoms with Crippen molar-refractivity contribution in [3.05, 3.63) is 36.0 Å². The van der Waals surface area contributed by atoms with Crippen molar-refractivity contribution < 1.29 is 4.79 Å². The van der Waals surface area contributed by atoms with E-state index in [1.165, 1.54) is 25.7 Å². The highest BCUT2D eigenvalue weighted by atomic mass is 35.5. The maximum atomic E-state index is 12.7. The van der Waals surface area contributed by atoms with Crippen LogP contribution in [0.2, 0.25) is 0 Å². The summed E-state index contributed by atoms with van der Waals surface area (Å²) in [5, 5.41) is 7.68. The van der Waals surface area contributed by atoms with Gasteiger partial charge in [-0.3, -0.25) is 9.78 Å². The number of carbonyl (C=O) groups excluding carboxylic acids is 1. The summed E-state index contributed by atoms with van der Waals surface area (Å²) in [5.74, 6) is 0.768. The van der Waals surface area contributed by atoms with Gasteiger partial charge in [0.25, 0.3) is 0 Å². The zero-order chi connectivity index (χ0) is 15.8. The van der Waals surface area contributed by atoms with Crippen LogP contribution >= 0.6 is 24.8 Å². The molecule has 1 aromatic carbocycles. The molecule has 1 aromatic heterocycles. The largest absolute Gasteiger partial charge is 0.324 e. The smallest absolute Gasteiger partial charge is 0.241 e. The Morgan fingerprint density at radius 3 is 2.80 bits per heavy atom. The SMILES string of the molecule is Cc1ccc(NC(=O)C2CC3CCCCC3N2)c2cccnc12.Cl.Cl. The highest BCUT2D eigenvalue weighted by molar-refractivity contribution is 6.03. The van der Waals surface area contributed by atoms with Crippen LogP contribution < -0.4 is 10.6 Å². The molecule has 6 heteroatoms. The van der Waals surface area contributed by atoms with Gasteiger partial charge in [-0.2, -0.15) is 0 Å². The van der Waals surface area contributed by atoms with E-state index in [1.54, 1.807) is 6.20 Å². The summed E-state index contributed by atoms with van der Waals surface area (Å²) >= 11 is 0. The lowest BCUT2D eigenvalue weighted by Gasteiger charge is -2.24. The number of nitrogens with one attached hydrogen (secondary N) is 2. The highest BCUT2D eigenvalue weighted by Crippen LogP contribution is 2.34. The van der Waals surface area contributed by atoms with Gasteiger partial charge >= 0.3 is 0 Å². The van der Waals surface area contributed by atoms with Crippen LogP contribution in [0.5, 0.6) is 0 Å². The van der Waals surface area contributed by atoms with Crippen molar-refractivity contribution in [1.82, 2.24) is 10.3 Å². The third-order valence-electron chi connectivity index (χ3n) is 5.41. The number of fused-ring (bicyclic) bond motifs is 2. The molecule has 1 aliphatic carbocycles. The fraction of sp³-hybridized carbons (Fsp3) is 0.474. The van der Waals surface area contributed by atoms with E-state index in [-0.39, 0.29) is 36.8 Å². The first-order valence-corrected chi connectivity index (χ1v) is 8.63. The Balaban J connectivity index is 0.00000113. The summed E-state index contributed by atoms with van der Waals surface area (Å²) in [4.78, 5) is 17.1. The van der Waals surface area contributed by atoms with Crippen molar-refractivity contribution in [2.24, 2.45) is 5.92 Å². The number of hydrogen-bond donors (Lipinski definition) is 2. The summed E-state index contributed by atoms with van der Waals surface area (Å²) in [6.07, 6.45) is 7.84. The van der Waals surface area contributed by atoms with Gasteiger partial charge in [0.15, 0.2) is 0 Å². The van der Waals surface area contributed by atoms with E-state index >= 15 is 0 Å². The molecule has 4 nitrogen and oxygen atoms in total. The van der Waals surface area contributed by atoms with Crippen LogP contribution in [0.25, 0.3) is 10.9 Å². The molecule has 2 heterocycles. The number of amides is 1. The molecule has 1 saturated heterocycles. The third-order valence-corrected chi connectivity index (χ3v) is 5.41. The number of benzene rings is 1. The van der Waals surface area contributed by atoms with Gasteiger partial charge in [-0.1, -0.05) is 18.9 Å². The Morgan fingerprint density at radius 2 is 2.00 bits per heavy atom. The molecule has 3 atom stereocenters. The van der Waals surface area contributed by atoms with E-state index in [1.807, 2.05) is 31.2 Å². The molecule has 136 valence electrons.